The molecule has 116 valence electrons. The Balaban J connectivity index is 1.95. The number of nitro groups is 1. The van der Waals surface area contributed by atoms with Crippen LogP contribution in [0.4, 0.5) is 11.4 Å². The standard InChI is InChI=1S/C17H15N3O3/c1-18-17-14-9-13(23-11-12-5-3-2-4-6-12)7-8-15(14)19-10-16(17)20(21)22/h2-10H,11H2,1H3,(H,18,19). The SMILES string of the molecule is CNc1c([N+](=O)[O-])cnc2ccc(OCc3ccccc3)cc12. The normalized spacial score (nSPS) is 10.5. The fraction of sp³-hybridized carbons (Fsp3) is 0.118. The molecule has 1 N–H and O–H groups in total. The first-order valence-electron chi connectivity index (χ1n) is 7.10. The van der Waals surface area contributed by atoms with Crippen molar-refractivity contribution in [2.24, 2.45) is 0 Å². The van der Waals surface area contributed by atoms with Crippen molar-refractivity contribution in [2.45, 2.75) is 6.61 Å². The zero-order valence-electron chi connectivity index (χ0n) is 12.5. The number of rotatable bonds is 5. The van der Waals surface area contributed by atoms with E-state index in [0.29, 0.717) is 28.9 Å². The number of anilines is 1. The Morgan fingerprint density at radius 1 is 1.22 bits per heavy atom. The molecule has 0 saturated carbocycles. The number of hydrogen-bond donors (Lipinski definition) is 1. The molecule has 0 aliphatic rings. The van der Waals surface area contributed by atoms with Gasteiger partial charge in [-0.3, -0.25) is 10.1 Å². The first-order valence-corrected chi connectivity index (χ1v) is 7.10. The van der Waals surface area contributed by atoms with Crippen LogP contribution in [-0.4, -0.2) is 17.0 Å². The fourth-order valence-corrected chi connectivity index (χ4v) is 2.39. The van der Waals surface area contributed by atoms with Crippen molar-refractivity contribution >= 4 is 22.3 Å². The zero-order chi connectivity index (χ0) is 16.2. The molecule has 3 rings (SSSR count). The minimum absolute atomic E-state index is 0.0554. The predicted molar refractivity (Wildman–Crippen MR) is 88.7 cm³/mol. The second-order valence-electron chi connectivity index (χ2n) is 4.98. The van der Waals surface area contributed by atoms with Gasteiger partial charge in [0.05, 0.1) is 10.4 Å². The van der Waals surface area contributed by atoms with E-state index in [0.717, 1.165) is 5.56 Å². The van der Waals surface area contributed by atoms with E-state index < -0.39 is 4.92 Å². The molecule has 3 aromatic rings. The highest BCUT2D eigenvalue weighted by molar-refractivity contribution is 5.96. The molecule has 0 amide bonds. The lowest BCUT2D eigenvalue weighted by atomic mass is 10.1. The summed E-state index contributed by atoms with van der Waals surface area (Å²) < 4.78 is 5.77. The summed E-state index contributed by atoms with van der Waals surface area (Å²) in [6.45, 7) is 0.434. The summed E-state index contributed by atoms with van der Waals surface area (Å²) in [5.41, 5.74) is 2.11. The first kappa shape index (κ1) is 14.8. The summed E-state index contributed by atoms with van der Waals surface area (Å²) in [4.78, 5) is 14.8. The summed E-state index contributed by atoms with van der Waals surface area (Å²) in [5, 5.41) is 14.7. The van der Waals surface area contributed by atoms with Gasteiger partial charge in [-0.1, -0.05) is 30.3 Å². The maximum absolute atomic E-state index is 11.1. The number of hydrogen-bond acceptors (Lipinski definition) is 5. The van der Waals surface area contributed by atoms with E-state index in [9.17, 15) is 10.1 Å². The molecule has 0 spiro atoms. The second-order valence-corrected chi connectivity index (χ2v) is 4.98. The Kier molecular flexibility index (Phi) is 4.05. The Hall–Kier alpha value is -3.15. The van der Waals surface area contributed by atoms with Gasteiger partial charge >= 0.3 is 5.69 Å². The Morgan fingerprint density at radius 2 is 2.00 bits per heavy atom. The van der Waals surface area contributed by atoms with Crippen molar-refractivity contribution in [3.8, 4) is 5.75 Å². The van der Waals surface area contributed by atoms with Crippen molar-refractivity contribution in [3.63, 3.8) is 0 Å². The van der Waals surface area contributed by atoms with Crippen LogP contribution in [0.5, 0.6) is 5.75 Å². The number of fused-ring (bicyclic) bond motifs is 1. The maximum atomic E-state index is 11.1. The van der Waals surface area contributed by atoms with Gasteiger partial charge in [-0.05, 0) is 23.8 Å². The summed E-state index contributed by atoms with van der Waals surface area (Å²) in [6.07, 6.45) is 1.26. The molecule has 0 bridgehead atoms. The predicted octanol–water partition coefficient (Wildman–Crippen LogP) is 3.76. The van der Waals surface area contributed by atoms with Crippen molar-refractivity contribution < 1.29 is 9.66 Å². The highest BCUT2D eigenvalue weighted by Gasteiger charge is 2.17. The number of pyridine rings is 1. The monoisotopic (exact) mass is 309 g/mol. The smallest absolute Gasteiger partial charge is 0.311 e. The Labute approximate surface area is 132 Å². The van der Waals surface area contributed by atoms with E-state index in [4.69, 9.17) is 4.74 Å². The highest BCUT2D eigenvalue weighted by Crippen LogP contribution is 2.33. The average Bonchev–Trinajstić information content (AvgIpc) is 2.59. The van der Waals surface area contributed by atoms with E-state index in [1.807, 2.05) is 36.4 Å². The van der Waals surface area contributed by atoms with Crippen molar-refractivity contribution in [1.82, 2.24) is 4.98 Å². The van der Waals surface area contributed by atoms with E-state index >= 15 is 0 Å². The van der Waals surface area contributed by atoms with Crippen molar-refractivity contribution in [2.75, 3.05) is 12.4 Å². The summed E-state index contributed by atoms with van der Waals surface area (Å²) in [6, 6.07) is 15.2. The molecule has 23 heavy (non-hydrogen) atoms. The van der Waals surface area contributed by atoms with Gasteiger partial charge in [0.15, 0.2) is 0 Å². The third-order valence-electron chi connectivity index (χ3n) is 3.51. The molecule has 0 unspecified atom stereocenters. The topological polar surface area (TPSA) is 77.3 Å². The van der Waals surface area contributed by atoms with Crippen LogP contribution in [0.2, 0.25) is 0 Å². The first-order chi connectivity index (χ1) is 11.2. The number of ether oxygens (including phenoxy) is 1. The van der Waals surface area contributed by atoms with Crippen LogP contribution in [0.25, 0.3) is 10.9 Å². The number of nitrogens with one attached hydrogen (secondary N) is 1. The molecule has 1 aromatic heterocycles. The summed E-state index contributed by atoms with van der Waals surface area (Å²) in [5.74, 6) is 0.639. The van der Waals surface area contributed by atoms with Gasteiger partial charge in [-0.15, -0.1) is 0 Å². The van der Waals surface area contributed by atoms with Crippen LogP contribution < -0.4 is 10.1 Å². The van der Waals surface area contributed by atoms with Crippen LogP contribution in [0.1, 0.15) is 5.56 Å². The van der Waals surface area contributed by atoms with E-state index in [1.54, 1.807) is 19.2 Å². The highest BCUT2D eigenvalue weighted by atomic mass is 16.6. The lowest BCUT2D eigenvalue weighted by Gasteiger charge is -2.10. The van der Waals surface area contributed by atoms with Gasteiger partial charge in [0.25, 0.3) is 0 Å². The summed E-state index contributed by atoms with van der Waals surface area (Å²) >= 11 is 0. The largest absolute Gasteiger partial charge is 0.489 e. The second kappa shape index (κ2) is 6.31. The van der Waals surface area contributed by atoms with E-state index in [1.165, 1.54) is 6.20 Å². The molecule has 0 aliphatic carbocycles. The van der Waals surface area contributed by atoms with E-state index in [-0.39, 0.29) is 5.69 Å². The van der Waals surface area contributed by atoms with Crippen LogP contribution in [-0.2, 0) is 6.61 Å². The summed E-state index contributed by atoms with van der Waals surface area (Å²) in [7, 11) is 1.65. The van der Waals surface area contributed by atoms with Crippen LogP contribution >= 0.6 is 0 Å². The average molecular weight is 309 g/mol. The van der Waals surface area contributed by atoms with Gasteiger partial charge in [-0.25, -0.2) is 4.98 Å². The number of benzene rings is 2. The Bertz CT molecular complexity index is 850. The minimum Gasteiger partial charge on any atom is -0.489 e. The molecule has 0 fully saturated rings. The van der Waals surface area contributed by atoms with Gasteiger partial charge in [0.2, 0.25) is 0 Å². The maximum Gasteiger partial charge on any atom is 0.311 e. The fourth-order valence-electron chi connectivity index (χ4n) is 2.39. The van der Waals surface area contributed by atoms with Crippen LogP contribution in [0.3, 0.4) is 0 Å². The molecule has 2 aromatic carbocycles. The molecule has 0 saturated heterocycles. The van der Waals surface area contributed by atoms with Crippen LogP contribution in [0.15, 0.2) is 54.7 Å². The van der Waals surface area contributed by atoms with Crippen molar-refractivity contribution in [3.05, 3.63) is 70.4 Å². The molecule has 0 atom stereocenters. The molecule has 6 nitrogen and oxygen atoms in total. The third-order valence-corrected chi connectivity index (χ3v) is 3.51. The van der Waals surface area contributed by atoms with Gasteiger partial charge in [0.1, 0.15) is 24.2 Å². The van der Waals surface area contributed by atoms with E-state index in [2.05, 4.69) is 10.3 Å². The zero-order valence-corrected chi connectivity index (χ0v) is 12.5. The molecule has 6 heteroatoms. The molecular weight excluding hydrogens is 294 g/mol. The number of aromatic nitrogens is 1. The Morgan fingerprint density at radius 3 is 2.70 bits per heavy atom. The van der Waals surface area contributed by atoms with Gasteiger partial charge in [0, 0.05) is 12.4 Å². The minimum atomic E-state index is -0.449. The lowest BCUT2D eigenvalue weighted by Crippen LogP contribution is -2.00. The molecule has 0 radical (unpaired) electrons. The number of nitrogens with zero attached hydrogens (tertiary/aromatic N) is 2. The molecule has 0 aliphatic heterocycles. The van der Waals surface area contributed by atoms with Gasteiger partial charge in [-0.2, -0.15) is 0 Å². The van der Waals surface area contributed by atoms with Crippen LogP contribution in [0, 0.1) is 10.1 Å². The quantitative estimate of drug-likeness (QED) is 0.573. The molecule has 1 heterocycles. The lowest BCUT2D eigenvalue weighted by molar-refractivity contribution is -0.384. The van der Waals surface area contributed by atoms with Crippen molar-refractivity contribution in [1.29, 1.82) is 0 Å². The molecular formula is C17H15N3O3. The van der Waals surface area contributed by atoms with Gasteiger partial charge < -0.3 is 10.1 Å². The third kappa shape index (κ3) is 3.06.